The Morgan fingerprint density at radius 2 is 1.50 bits per heavy atom. The molecular weight excluding hydrogens is 700 g/mol. The number of benzene rings is 1. The molecule has 1 aromatic rings. The van der Waals surface area contributed by atoms with Crippen LogP contribution in [0.2, 0.25) is 0 Å². The third kappa shape index (κ3) is 16.8. The van der Waals surface area contributed by atoms with Crippen LogP contribution in [0.15, 0.2) is 48.6 Å². The van der Waals surface area contributed by atoms with Crippen LogP contribution in [0, 0.1) is 17.3 Å². The molecule has 2 aliphatic carbocycles. The molecule has 0 radical (unpaired) electrons. The summed E-state index contributed by atoms with van der Waals surface area (Å²) in [5.41, 5.74) is 0.454. The number of unbranched alkanes of at least 4 members (excludes halogenated alkanes) is 13. The predicted octanol–water partition coefficient (Wildman–Crippen LogP) is 11.5. The lowest BCUT2D eigenvalue weighted by Crippen LogP contribution is -2.40. The highest BCUT2D eigenvalue weighted by atomic mass is 35.5. The number of para-hydroxylation sites is 1. The first kappa shape index (κ1) is 46.0. The quantitative estimate of drug-likeness (QED) is 0.0347. The van der Waals surface area contributed by atoms with E-state index in [0.717, 1.165) is 44.9 Å². The number of carbonyl (C=O) groups excluding carboxylic acids is 2. The zero-order chi connectivity index (χ0) is 38.9. The van der Waals surface area contributed by atoms with Crippen LogP contribution in [0.3, 0.4) is 0 Å². The fourth-order valence-corrected chi connectivity index (χ4v) is 8.52. The highest BCUT2D eigenvalue weighted by molar-refractivity contribution is 6.21. The summed E-state index contributed by atoms with van der Waals surface area (Å²) in [6, 6.07) is 7.12. The van der Waals surface area contributed by atoms with Crippen LogP contribution in [-0.4, -0.2) is 59.6 Å². The normalized spacial score (nSPS) is 21.4. The lowest BCUT2D eigenvalue weighted by Gasteiger charge is -2.45. The van der Waals surface area contributed by atoms with Gasteiger partial charge >= 0.3 is 11.9 Å². The Kier molecular flexibility index (Phi) is 23.3. The molecule has 2 fully saturated rings. The Bertz CT molecular complexity index is 1220. The lowest BCUT2D eigenvalue weighted by molar-refractivity contribution is -0.144. The predicted molar refractivity (Wildman–Crippen MR) is 220 cm³/mol. The van der Waals surface area contributed by atoms with Gasteiger partial charge in [-0.1, -0.05) is 134 Å². The standard InChI is InChI=1S/C46H73ClO7/c1-3-5-6-7-8-9-10-11-12-13-14-17-22-33-52-42-28-21-20-26-39(42)45(51)54-35-34-53-44(50)30-19-16-15-18-25-37-38(41(48)36-40(37)47)27-23-29-43(49)46(4-2)31-24-32-46/h15,18,20-21,23,26-28,37-38,40-41,43,48-49H,3-14,16-17,19,22,24-25,29-36H2,1-2H3/t37-,38-,40-,41-,43+/m1/s1. The smallest absolute Gasteiger partial charge is 0.342 e. The summed E-state index contributed by atoms with van der Waals surface area (Å²) < 4.78 is 16.6. The van der Waals surface area contributed by atoms with Crippen molar-refractivity contribution in [3.63, 3.8) is 0 Å². The number of aliphatic hydroxyl groups is 2. The summed E-state index contributed by atoms with van der Waals surface area (Å²) in [6.45, 7) is 4.98. The number of halogens is 1. The molecule has 7 nitrogen and oxygen atoms in total. The number of ether oxygens (including phenoxy) is 3. The van der Waals surface area contributed by atoms with E-state index in [1.807, 2.05) is 12.1 Å². The molecule has 2 N–H and O–H groups in total. The molecule has 2 aliphatic rings. The number of allylic oxidation sites excluding steroid dienone is 2. The van der Waals surface area contributed by atoms with E-state index < -0.39 is 12.1 Å². The van der Waals surface area contributed by atoms with Gasteiger partial charge in [-0.2, -0.15) is 0 Å². The van der Waals surface area contributed by atoms with Crippen molar-refractivity contribution >= 4 is 23.5 Å². The first-order valence-corrected chi connectivity index (χ1v) is 22.1. The number of aliphatic hydroxyl groups excluding tert-OH is 2. The topological polar surface area (TPSA) is 102 Å². The van der Waals surface area contributed by atoms with Gasteiger partial charge in [0.2, 0.25) is 0 Å². The van der Waals surface area contributed by atoms with E-state index in [0.29, 0.717) is 37.2 Å². The van der Waals surface area contributed by atoms with Gasteiger partial charge in [0.25, 0.3) is 0 Å². The van der Waals surface area contributed by atoms with Gasteiger partial charge in [0.1, 0.15) is 24.5 Å². The van der Waals surface area contributed by atoms with Gasteiger partial charge in [0.15, 0.2) is 0 Å². The van der Waals surface area contributed by atoms with E-state index in [4.69, 9.17) is 25.8 Å². The van der Waals surface area contributed by atoms with E-state index in [-0.39, 0.29) is 54.3 Å². The average molecular weight is 774 g/mol. The number of alkyl halides is 1. The molecular formula is C46H73ClO7. The van der Waals surface area contributed by atoms with Crippen LogP contribution < -0.4 is 4.74 Å². The molecule has 5 atom stereocenters. The number of hydrogen-bond acceptors (Lipinski definition) is 7. The monoisotopic (exact) mass is 773 g/mol. The van der Waals surface area contributed by atoms with E-state index in [2.05, 4.69) is 32.1 Å². The molecule has 2 saturated carbocycles. The molecule has 1 aromatic carbocycles. The van der Waals surface area contributed by atoms with Crippen molar-refractivity contribution in [1.82, 2.24) is 0 Å². The molecule has 0 aromatic heterocycles. The minimum absolute atomic E-state index is 0.00880. The molecule has 0 unspecified atom stereocenters. The largest absolute Gasteiger partial charge is 0.493 e. The van der Waals surface area contributed by atoms with Gasteiger partial charge in [-0.05, 0) is 81.3 Å². The van der Waals surface area contributed by atoms with Crippen LogP contribution in [0.5, 0.6) is 5.75 Å². The van der Waals surface area contributed by atoms with Crippen LogP contribution in [0.4, 0.5) is 0 Å². The summed E-state index contributed by atoms with van der Waals surface area (Å²) >= 11 is 6.63. The van der Waals surface area contributed by atoms with E-state index in [9.17, 15) is 19.8 Å². The zero-order valence-electron chi connectivity index (χ0n) is 33.7. The van der Waals surface area contributed by atoms with Crippen molar-refractivity contribution in [1.29, 1.82) is 0 Å². The number of hydrogen-bond donors (Lipinski definition) is 2. The van der Waals surface area contributed by atoms with Gasteiger partial charge in [0.05, 0.1) is 18.8 Å². The second-order valence-electron chi connectivity index (χ2n) is 15.9. The van der Waals surface area contributed by atoms with Crippen molar-refractivity contribution in [3.05, 3.63) is 54.1 Å². The first-order chi connectivity index (χ1) is 26.3. The van der Waals surface area contributed by atoms with Crippen LogP contribution in [0.25, 0.3) is 0 Å². The Morgan fingerprint density at radius 3 is 2.15 bits per heavy atom. The zero-order valence-corrected chi connectivity index (χ0v) is 34.5. The molecule has 54 heavy (non-hydrogen) atoms. The SMILES string of the molecule is CCCCCCCCCCCCCCCOc1ccccc1C(=O)OCCOC(=O)CCCC=CC[C@@H]1[C@@H](C=CC[C@H](O)C2(CC)CCC2)[C@H](O)C[C@H]1Cl. The van der Waals surface area contributed by atoms with E-state index in [1.54, 1.807) is 18.2 Å². The number of carbonyl (C=O) groups is 2. The molecule has 0 saturated heterocycles. The van der Waals surface area contributed by atoms with Crippen molar-refractivity contribution in [2.45, 2.75) is 179 Å². The molecule has 0 heterocycles. The minimum atomic E-state index is -0.486. The average Bonchev–Trinajstić information content (AvgIpc) is 3.42. The van der Waals surface area contributed by atoms with Gasteiger partial charge < -0.3 is 24.4 Å². The van der Waals surface area contributed by atoms with Crippen molar-refractivity contribution in [3.8, 4) is 5.75 Å². The molecule has 0 spiro atoms. The van der Waals surface area contributed by atoms with Crippen molar-refractivity contribution < 1.29 is 34.0 Å². The summed E-state index contributed by atoms with van der Waals surface area (Å²) in [6.07, 6.45) is 32.3. The van der Waals surface area contributed by atoms with Crippen LogP contribution >= 0.6 is 11.6 Å². The fraction of sp³-hybridized carbons (Fsp3) is 0.739. The summed E-state index contributed by atoms with van der Waals surface area (Å²) in [7, 11) is 0. The molecule has 3 rings (SSSR count). The second kappa shape index (κ2) is 27.3. The minimum Gasteiger partial charge on any atom is -0.493 e. The van der Waals surface area contributed by atoms with Gasteiger partial charge in [-0.25, -0.2) is 4.79 Å². The van der Waals surface area contributed by atoms with E-state index in [1.165, 1.54) is 77.0 Å². The Morgan fingerprint density at radius 1 is 0.852 bits per heavy atom. The Hall–Kier alpha value is -2.35. The van der Waals surface area contributed by atoms with Crippen molar-refractivity contribution in [2.24, 2.45) is 17.3 Å². The number of esters is 2. The third-order valence-electron chi connectivity index (χ3n) is 11.9. The van der Waals surface area contributed by atoms with Crippen LogP contribution in [0.1, 0.15) is 172 Å². The van der Waals surface area contributed by atoms with Crippen molar-refractivity contribution in [2.75, 3.05) is 19.8 Å². The number of rotatable bonds is 30. The van der Waals surface area contributed by atoms with Crippen LogP contribution in [-0.2, 0) is 14.3 Å². The molecule has 8 heteroatoms. The van der Waals surface area contributed by atoms with E-state index >= 15 is 0 Å². The molecule has 0 aliphatic heterocycles. The molecule has 0 amide bonds. The highest BCUT2D eigenvalue weighted by Crippen LogP contribution is 2.48. The summed E-state index contributed by atoms with van der Waals surface area (Å²) in [5.74, 6) is -0.180. The Balaban J connectivity index is 1.21. The van der Waals surface area contributed by atoms with Gasteiger partial charge in [-0.15, -0.1) is 11.6 Å². The maximum absolute atomic E-state index is 12.7. The summed E-state index contributed by atoms with van der Waals surface area (Å²) in [4.78, 5) is 25.0. The fourth-order valence-electron chi connectivity index (χ4n) is 8.07. The van der Waals surface area contributed by atoms with Gasteiger partial charge in [-0.3, -0.25) is 4.79 Å². The second-order valence-corrected chi connectivity index (χ2v) is 16.4. The Labute approximate surface area is 332 Å². The molecule has 0 bridgehead atoms. The maximum Gasteiger partial charge on any atom is 0.342 e. The van der Waals surface area contributed by atoms with Gasteiger partial charge in [0, 0.05) is 17.7 Å². The highest BCUT2D eigenvalue weighted by Gasteiger charge is 2.42. The maximum atomic E-state index is 12.7. The lowest BCUT2D eigenvalue weighted by atomic mass is 9.63. The first-order valence-electron chi connectivity index (χ1n) is 21.7. The summed E-state index contributed by atoms with van der Waals surface area (Å²) in [5, 5.41) is 21.3. The molecule has 306 valence electrons. The third-order valence-corrected chi connectivity index (χ3v) is 12.4.